The van der Waals surface area contributed by atoms with Crippen LogP contribution in [0.4, 0.5) is 0 Å². The zero-order chi connectivity index (χ0) is 23.9. The zero-order valence-corrected chi connectivity index (χ0v) is 21.3. The van der Waals surface area contributed by atoms with Gasteiger partial charge in [-0.25, -0.2) is 9.50 Å². The number of nitrogens with two attached hydrogens (primary N) is 1. The van der Waals surface area contributed by atoms with Crippen molar-refractivity contribution in [3.05, 3.63) is 39.7 Å². The van der Waals surface area contributed by atoms with Crippen LogP contribution in [0.25, 0.3) is 27.1 Å². The number of nitrogens with one attached hydrogen (secondary N) is 1. The van der Waals surface area contributed by atoms with Crippen LogP contribution in [-0.2, 0) is 4.79 Å². The van der Waals surface area contributed by atoms with Gasteiger partial charge < -0.3 is 10.7 Å². The highest BCUT2D eigenvalue weighted by atomic mass is 32.1. The molecule has 4 aromatic heterocycles. The SMILES string of the molecule is Cc1c(-c2[nH]c3sc(C4CC5(C4)CN(CC(N)=O)C5)c(C)c3c2C(C)C)cn2ncnc2c1C. The molecule has 1 aliphatic heterocycles. The van der Waals surface area contributed by atoms with Crippen LogP contribution in [-0.4, -0.2) is 50.0 Å². The number of thiophene rings is 1. The quantitative estimate of drug-likeness (QED) is 0.438. The van der Waals surface area contributed by atoms with Crippen molar-refractivity contribution >= 4 is 33.1 Å². The number of aromatic amines is 1. The van der Waals surface area contributed by atoms with E-state index in [9.17, 15) is 4.79 Å². The van der Waals surface area contributed by atoms with Crippen LogP contribution < -0.4 is 5.73 Å². The summed E-state index contributed by atoms with van der Waals surface area (Å²) < 4.78 is 1.89. The number of pyridine rings is 1. The summed E-state index contributed by atoms with van der Waals surface area (Å²) in [4.78, 5) is 24.5. The molecule has 34 heavy (non-hydrogen) atoms. The van der Waals surface area contributed by atoms with Gasteiger partial charge in [0.2, 0.25) is 5.91 Å². The van der Waals surface area contributed by atoms with Gasteiger partial charge in [-0.2, -0.15) is 5.10 Å². The number of nitrogens with zero attached hydrogens (tertiary/aromatic N) is 4. The molecular weight excluding hydrogens is 444 g/mol. The summed E-state index contributed by atoms with van der Waals surface area (Å²) in [6.45, 7) is 13.6. The summed E-state index contributed by atoms with van der Waals surface area (Å²) in [6.07, 6.45) is 6.18. The average molecular weight is 477 g/mol. The molecule has 0 atom stereocenters. The first-order chi connectivity index (χ1) is 16.2. The summed E-state index contributed by atoms with van der Waals surface area (Å²) in [6, 6.07) is 0. The molecule has 5 heterocycles. The topological polar surface area (TPSA) is 92.3 Å². The number of fused-ring (bicyclic) bond motifs is 2. The fourth-order valence-corrected chi connectivity index (χ4v) is 7.87. The number of carbonyl (C=O) groups excluding carboxylic acids is 1. The van der Waals surface area contributed by atoms with Gasteiger partial charge in [0, 0.05) is 35.1 Å². The molecule has 1 aliphatic carbocycles. The molecule has 3 N–H and O–H groups in total. The molecule has 178 valence electrons. The van der Waals surface area contributed by atoms with Crippen molar-refractivity contribution in [2.75, 3.05) is 19.6 Å². The van der Waals surface area contributed by atoms with E-state index < -0.39 is 0 Å². The third-order valence-corrected chi connectivity index (χ3v) is 9.53. The van der Waals surface area contributed by atoms with Crippen molar-refractivity contribution in [1.29, 1.82) is 0 Å². The van der Waals surface area contributed by atoms with Gasteiger partial charge in [0.1, 0.15) is 11.2 Å². The standard InChI is InChI=1S/C26H32N6OS/c1-13(2)20-21-16(5)23(17-6-26(7-17)10-31(11-26)9-19(27)33)34-25(21)30-22(20)18-8-32-24(28-12-29-32)15(4)14(18)3/h8,12-13,17,30H,6-7,9-11H2,1-5H3,(H2,27,33). The Morgan fingerprint density at radius 1 is 1.24 bits per heavy atom. The highest BCUT2D eigenvalue weighted by molar-refractivity contribution is 7.19. The molecule has 1 saturated carbocycles. The molecule has 0 radical (unpaired) electrons. The Morgan fingerprint density at radius 2 is 1.97 bits per heavy atom. The smallest absolute Gasteiger partial charge is 0.231 e. The molecule has 6 rings (SSSR count). The van der Waals surface area contributed by atoms with Crippen LogP contribution in [0.3, 0.4) is 0 Å². The first-order valence-corrected chi connectivity index (χ1v) is 12.9. The number of H-pyrrole nitrogens is 1. The minimum Gasteiger partial charge on any atom is -0.369 e. The summed E-state index contributed by atoms with van der Waals surface area (Å²) in [7, 11) is 0. The lowest BCUT2D eigenvalue weighted by molar-refractivity contribution is -0.126. The fourth-order valence-electron chi connectivity index (χ4n) is 6.55. The number of likely N-dealkylation sites (tertiary alicyclic amines) is 1. The molecule has 8 heteroatoms. The van der Waals surface area contributed by atoms with E-state index in [1.54, 1.807) is 6.33 Å². The maximum Gasteiger partial charge on any atom is 0.231 e. The lowest BCUT2D eigenvalue weighted by atomic mass is 9.57. The fraction of sp³-hybridized carbons (Fsp3) is 0.500. The molecule has 1 saturated heterocycles. The van der Waals surface area contributed by atoms with Crippen molar-refractivity contribution in [3.8, 4) is 11.3 Å². The van der Waals surface area contributed by atoms with E-state index >= 15 is 0 Å². The van der Waals surface area contributed by atoms with E-state index in [0.29, 0.717) is 23.8 Å². The van der Waals surface area contributed by atoms with Crippen LogP contribution in [0.15, 0.2) is 12.5 Å². The van der Waals surface area contributed by atoms with Gasteiger partial charge in [-0.05, 0) is 73.1 Å². The minimum atomic E-state index is -0.223. The zero-order valence-electron chi connectivity index (χ0n) is 20.5. The van der Waals surface area contributed by atoms with E-state index in [0.717, 1.165) is 18.7 Å². The first-order valence-electron chi connectivity index (χ1n) is 12.1. The van der Waals surface area contributed by atoms with Crippen molar-refractivity contribution in [2.24, 2.45) is 11.1 Å². The molecule has 0 aromatic carbocycles. The normalized spacial score (nSPS) is 18.3. The second-order valence-corrected chi connectivity index (χ2v) is 12.0. The van der Waals surface area contributed by atoms with E-state index in [1.807, 2.05) is 15.9 Å². The third-order valence-electron chi connectivity index (χ3n) is 8.16. The largest absolute Gasteiger partial charge is 0.369 e. The van der Waals surface area contributed by atoms with Gasteiger partial charge in [0.15, 0.2) is 5.65 Å². The predicted octanol–water partition coefficient (Wildman–Crippen LogP) is 4.65. The van der Waals surface area contributed by atoms with Crippen molar-refractivity contribution in [1.82, 2.24) is 24.5 Å². The van der Waals surface area contributed by atoms with Gasteiger partial charge in [-0.15, -0.1) is 11.3 Å². The molecule has 0 unspecified atom stereocenters. The number of hydrogen-bond acceptors (Lipinski definition) is 5. The van der Waals surface area contributed by atoms with E-state index in [2.05, 4.69) is 60.8 Å². The maximum atomic E-state index is 11.2. The van der Waals surface area contributed by atoms with Crippen molar-refractivity contribution < 1.29 is 4.79 Å². The van der Waals surface area contributed by atoms with Crippen LogP contribution in [0.5, 0.6) is 0 Å². The molecule has 7 nitrogen and oxygen atoms in total. The average Bonchev–Trinajstić information content (AvgIpc) is 3.40. The number of carbonyl (C=O) groups is 1. The molecule has 0 bridgehead atoms. The molecule has 2 fully saturated rings. The summed E-state index contributed by atoms with van der Waals surface area (Å²) in [5.41, 5.74) is 14.4. The number of rotatable bonds is 5. The van der Waals surface area contributed by atoms with Gasteiger partial charge in [-0.1, -0.05) is 13.8 Å². The van der Waals surface area contributed by atoms with Gasteiger partial charge in [0.05, 0.1) is 12.2 Å². The molecule has 1 amide bonds. The van der Waals surface area contributed by atoms with Crippen molar-refractivity contribution in [2.45, 2.75) is 59.3 Å². The molecule has 1 spiro atoms. The Balaban J connectivity index is 1.35. The third kappa shape index (κ3) is 3.08. The Kier molecular flexibility index (Phi) is 4.74. The summed E-state index contributed by atoms with van der Waals surface area (Å²) in [5, 5.41) is 5.82. The number of amides is 1. The van der Waals surface area contributed by atoms with Crippen molar-refractivity contribution in [3.63, 3.8) is 0 Å². The highest BCUT2D eigenvalue weighted by Gasteiger charge is 2.53. The number of aromatic nitrogens is 4. The van der Waals surface area contributed by atoms with E-state index in [-0.39, 0.29) is 5.91 Å². The highest BCUT2D eigenvalue weighted by Crippen LogP contribution is 2.58. The van der Waals surface area contributed by atoms with Crippen LogP contribution in [0.2, 0.25) is 0 Å². The predicted molar refractivity (Wildman–Crippen MR) is 136 cm³/mol. The van der Waals surface area contributed by atoms with Crippen LogP contribution >= 0.6 is 11.3 Å². The summed E-state index contributed by atoms with van der Waals surface area (Å²) in [5.74, 6) is 0.803. The molecule has 2 aliphatic rings. The van der Waals surface area contributed by atoms with E-state index in [1.165, 1.54) is 61.4 Å². The summed E-state index contributed by atoms with van der Waals surface area (Å²) >= 11 is 1.94. The second-order valence-electron chi connectivity index (χ2n) is 10.9. The number of hydrogen-bond donors (Lipinski definition) is 2. The maximum absolute atomic E-state index is 11.2. The molecule has 4 aromatic rings. The minimum absolute atomic E-state index is 0.223. The Morgan fingerprint density at radius 3 is 2.65 bits per heavy atom. The Bertz CT molecular complexity index is 1440. The first kappa shape index (κ1) is 21.8. The lowest BCUT2D eigenvalue weighted by Gasteiger charge is -2.59. The monoisotopic (exact) mass is 476 g/mol. The number of aryl methyl sites for hydroxylation is 2. The Hall–Kier alpha value is -2.71. The van der Waals surface area contributed by atoms with Crippen LogP contribution in [0, 0.1) is 26.2 Å². The number of primary amides is 1. The van der Waals surface area contributed by atoms with Gasteiger partial charge >= 0.3 is 0 Å². The van der Waals surface area contributed by atoms with Crippen LogP contribution in [0.1, 0.15) is 65.7 Å². The second kappa shape index (κ2) is 7.39. The molecular formula is C26H32N6OS. The van der Waals surface area contributed by atoms with Gasteiger partial charge in [0.25, 0.3) is 0 Å². The Labute approximate surface area is 203 Å². The lowest BCUT2D eigenvalue weighted by Crippen LogP contribution is -2.62. The van der Waals surface area contributed by atoms with Gasteiger partial charge in [-0.3, -0.25) is 9.69 Å². The van der Waals surface area contributed by atoms with E-state index in [4.69, 9.17) is 5.73 Å².